The summed E-state index contributed by atoms with van der Waals surface area (Å²) in [6.45, 7) is 0.485. The van der Waals surface area contributed by atoms with Crippen LogP contribution in [0.1, 0.15) is 11.1 Å². The predicted molar refractivity (Wildman–Crippen MR) is 71.3 cm³/mol. The smallest absolute Gasteiger partial charge is 0.772 e. The molecule has 0 fully saturated rings. The van der Waals surface area contributed by atoms with E-state index in [1.807, 2.05) is 30.3 Å². The number of aromatic nitrogens is 2. The van der Waals surface area contributed by atoms with Crippen LogP contribution in [-0.2, 0) is 23.4 Å². The van der Waals surface area contributed by atoms with Gasteiger partial charge in [-0.2, -0.15) is 0 Å². The molecule has 0 amide bonds. The van der Waals surface area contributed by atoms with E-state index in [1.54, 1.807) is 0 Å². The van der Waals surface area contributed by atoms with Gasteiger partial charge in [0.15, 0.2) is 0 Å². The van der Waals surface area contributed by atoms with Crippen molar-refractivity contribution < 1.29 is 38.3 Å². The van der Waals surface area contributed by atoms with E-state index in [0.29, 0.717) is 17.9 Å². The maximum absolute atomic E-state index is 11.2. The zero-order valence-corrected chi connectivity index (χ0v) is 13.8. The third-order valence-electron chi connectivity index (χ3n) is 2.48. The van der Waals surface area contributed by atoms with Crippen LogP contribution in [0.15, 0.2) is 41.3 Å². The number of rotatable bonds is 5. The third kappa shape index (κ3) is 5.18. The number of hydrogen-bond acceptors (Lipinski definition) is 5. The van der Waals surface area contributed by atoms with Gasteiger partial charge in [-0.15, -0.1) is 0 Å². The molecule has 0 spiro atoms. The second-order valence-corrected chi connectivity index (χ2v) is 4.77. The van der Waals surface area contributed by atoms with Crippen molar-refractivity contribution in [2.45, 2.75) is 12.3 Å². The number of nitrogens with one attached hydrogen (secondary N) is 2. The van der Waals surface area contributed by atoms with Crippen molar-refractivity contribution >= 4 is 16.9 Å². The Bertz CT molecular complexity index is 633. The number of nitrogens with zero attached hydrogens (tertiary/aromatic N) is 1. The van der Waals surface area contributed by atoms with Crippen LogP contribution >= 0.6 is 0 Å². The molecule has 0 aliphatic carbocycles. The fourth-order valence-electron chi connectivity index (χ4n) is 1.60. The quantitative estimate of drug-likeness (QED) is 0.481. The number of H-pyrrole nitrogens is 1. The summed E-state index contributed by atoms with van der Waals surface area (Å²) in [7, 11) is 0. The van der Waals surface area contributed by atoms with Crippen molar-refractivity contribution in [1.82, 2.24) is 9.97 Å². The van der Waals surface area contributed by atoms with Crippen molar-refractivity contribution in [1.29, 1.82) is 0 Å². The molecule has 0 bridgehead atoms. The van der Waals surface area contributed by atoms with Gasteiger partial charge in [0.1, 0.15) is 5.82 Å². The number of hydrogen-bond donors (Lipinski definition) is 2. The largest absolute Gasteiger partial charge is 1.00 e. The summed E-state index contributed by atoms with van der Waals surface area (Å²) in [5.74, 6) is 0.189. The molecular formula is C12H12N3NaO3S. The average Bonchev–Trinajstić information content (AvgIpc) is 2.40. The van der Waals surface area contributed by atoms with Crippen molar-refractivity contribution in [3.8, 4) is 0 Å². The Hall–Kier alpha value is -0.990. The fraction of sp³-hybridized carbons (Fsp3) is 0.167. The molecule has 1 unspecified atom stereocenters. The number of anilines is 1. The molecule has 100 valence electrons. The molecule has 0 radical (unpaired) electrons. The summed E-state index contributed by atoms with van der Waals surface area (Å²) in [5, 5.41) is 3.01. The van der Waals surface area contributed by atoms with Crippen molar-refractivity contribution in [3.05, 3.63) is 58.1 Å². The second-order valence-electron chi connectivity index (χ2n) is 3.88. The Kier molecular flexibility index (Phi) is 7.11. The molecular weight excluding hydrogens is 289 g/mol. The maximum atomic E-state index is 11.2. The molecule has 2 rings (SSSR count). The van der Waals surface area contributed by atoms with Crippen LogP contribution in [0.5, 0.6) is 0 Å². The van der Waals surface area contributed by atoms with Gasteiger partial charge >= 0.3 is 35.2 Å². The monoisotopic (exact) mass is 301 g/mol. The molecule has 20 heavy (non-hydrogen) atoms. The normalized spacial score (nSPS) is 11.4. The van der Waals surface area contributed by atoms with E-state index in [9.17, 15) is 13.6 Å². The second kappa shape index (κ2) is 8.33. The fourth-order valence-corrected chi connectivity index (χ4v) is 2.07. The molecule has 1 atom stereocenters. The minimum atomic E-state index is -2.23. The van der Waals surface area contributed by atoms with E-state index in [-0.39, 0.29) is 35.3 Å². The van der Waals surface area contributed by atoms with Gasteiger partial charge in [-0.05, 0) is 5.56 Å². The van der Waals surface area contributed by atoms with Gasteiger partial charge in [-0.25, -0.2) is 9.78 Å². The maximum Gasteiger partial charge on any atom is 1.00 e. The molecule has 0 aliphatic heterocycles. The number of benzene rings is 1. The molecule has 2 N–H and O–H groups in total. The SMILES string of the molecule is O=c1ncc(CS(=O)[O-])c(NCc2ccccc2)[nH]1.[Na+]. The first kappa shape index (κ1) is 17.1. The average molecular weight is 301 g/mol. The van der Waals surface area contributed by atoms with Crippen LogP contribution in [0, 0.1) is 0 Å². The Morgan fingerprint density at radius 3 is 2.65 bits per heavy atom. The van der Waals surface area contributed by atoms with E-state index in [4.69, 9.17) is 0 Å². The number of aromatic amines is 1. The predicted octanol–water partition coefficient (Wildman–Crippen LogP) is -2.23. The van der Waals surface area contributed by atoms with Gasteiger partial charge in [-0.1, -0.05) is 41.4 Å². The Morgan fingerprint density at radius 2 is 2.00 bits per heavy atom. The van der Waals surface area contributed by atoms with Gasteiger partial charge < -0.3 is 9.87 Å². The zero-order valence-electron chi connectivity index (χ0n) is 11.0. The summed E-state index contributed by atoms with van der Waals surface area (Å²) < 4.78 is 21.5. The first-order valence-corrected chi connectivity index (χ1v) is 6.81. The van der Waals surface area contributed by atoms with Gasteiger partial charge in [0.05, 0.1) is 0 Å². The van der Waals surface area contributed by atoms with Crippen LogP contribution < -0.4 is 40.6 Å². The minimum Gasteiger partial charge on any atom is -0.772 e. The Morgan fingerprint density at radius 1 is 1.30 bits per heavy atom. The van der Waals surface area contributed by atoms with E-state index in [0.717, 1.165) is 5.56 Å². The van der Waals surface area contributed by atoms with Crippen molar-refractivity contribution in [2.75, 3.05) is 5.32 Å². The topological polar surface area (TPSA) is 97.9 Å². The van der Waals surface area contributed by atoms with Crippen LogP contribution in [-0.4, -0.2) is 18.7 Å². The molecule has 1 heterocycles. The first-order valence-electron chi connectivity index (χ1n) is 5.57. The van der Waals surface area contributed by atoms with Crippen LogP contribution in [0.2, 0.25) is 0 Å². The standard InChI is InChI=1S/C12H13N3O3S.Na/c16-12-14-7-10(8-19(17)18)11(15-12)13-6-9-4-2-1-3-5-9;/h1-5,7H,6,8H2,(H,17,18)(H2,13,14,15,16);/q;+1/p-1. The molecule has 0 saturated heterocycles. The molecule has 1 aromatic heterocycles. The van der Waals surface area contributed by atoms with Crippen LogP contribution in [0.4, 0.5) is 5.82 Å². The van der Waals surface area contributed by atoms with E-state index in [1.165, 1.54) is 6.20 Å². The molecule has 8 heteroatoms. The summed E-state index contributed by atoms with van der Waals surface area (Å²) in [6.07, 6.45) is 1.27. The molecule has 6 nitrogen and oxygen atoms in total. The summed E-state index contributed by atoms with van der Waals surface area (Å²) in [6, 6.07) is 9.57. The van der Waals surface area contributed by atoms with Crippen molar-refractivity contribution in [3.63, 3.8) is 0 Å². The van der Waals surface area contributed by atoms with Crippen LogP contribution in [0.25, 0.3) is 0 Å². The van der Waals surface area contributed by atoms with E-state index < -0.39 is 16.8 Å². The molecule has 2 aromatic rings. The van der Waals surface area contributed by atoms with Gasteiger partial charge in [0.25, 0.3) is 0 Å². The van der Waals surface area contributed by atoms with Crippen LogP contribution in [0.3, 0.4) is 0 Å². The summed E-state index contributed by atoms with van der Waals surface area (Å²) in [4.78, 5) is 17.2. The minimum absolute atomic E-state index is 0. The Balaban J connectivity index is 0.00000200. The van der Waals surface area contributed by atoms with Crippen molar-refractivity contribution in [2.24, 2.45) is 0 Å². The molecule has 0 saturated carbocycles. The molecule has 1 aromatic carbocycles. The van der Waals surface area contributed by atoms with E-state index in [2.05, 4.69) is 15.3 Å². The Labute approximate surface area is 140 Å². The van der Waals surface area contributed by atoms with Gasteiger partial charge in [0.2, 0.25) is 0 Å². The molecule has 0 aliphatic rings. The third-order valence-corrected chi connectivity index (χ3v) is 3.02. The summed E-state index contributed by atoms with van der Waals surface area (Å²) in [5.41, 5.74) is 0.939. The van der Waals surface area contributed by atoms with E-state index >= 15 is 0 Å². The zero-order chi connectivity index (χ0) is 13.7. The van der Waals surface area contributed by atoms with Gasteiger partial charge in [0, 0.05) is 24.1 Å². The van der Waals surface area contributed by atoms with Gasteiger partial charge in [-0.3, -0.25) is 9.19 Å². The summed E-state index contributed by atoms with van der Waals surface area (Å²) >= 11 is -2.23. The first-order chi connectivity index (χ1) is 9.15.